The van der Waals surface area contributed by atoms with E-state index in [0.717, 1.165) is 12.1 Å². The minimum Gasteiger partial charge on any atom is -0.482 e. The molecule has 1 amide bonds. The molecule has 5 nitrogen and oxygen atoms in total. The van der Waals surface area contributed by atoms with Crippen molar-refractivity contribution in [2.45, 2.75) is 19.3 Å². The molecule has 0 saturated carbocycles. The summed E-state index contributed by atoms with van der Waals surface area (Å²) in [6.07, 6.45) is 0.915. The summed E-state index contributed by atoms with van der Waals surface area (Å²) >= 11 is 0. The molecule has 1 heterocycles. The molecule has 24 heavy (non-hydrogen) atoms. The third kappa shape index (κ3) is 3.25. The molecule has 1 aliphatic rings. The molecule has 2 aromatic rings. The quantitative estimate of drug-likeness (QED) is 0.936. The fourth-order valence-electron chi connectivity index (χ4n) is 2.98. The monoisotopic (exact) mass is 325 g/mol. The number of hydrogen-bond acceptors (Lipinski definition) is 3. The van der Waals surface area contributed by atoms with Crippen molar-refractivity contribution in [2.75, 3.05) is 18.1 Å². The number of nitrogens with zero attached hydrogens (tertiary/aromatic N) is 1. The zero-order valence-corrected chi connectivity index (χ0v) is 13.4. The largest absolute Gasteiger partial charge is 0.482 e. The van der Waals surface area contributed by atoms with Crippen LogP contribution < -0.4 is 9.64 Å². The van der Waals surface area contributed by atoms with E-state index in [9.17, 15) is 9.59 Å². The molecular formula is C19H19NO4. The molecule has 0 radical (unpaired) electrons. The zero-order chi connectivity index (χ0) is 17.1. The number of para-hydroxylation sites is 1. The standard InChI is InChI=1S/C19H19NO4/c1-13-9-10-20(17-8-3-2-7-16(13)17)19(23)14-5-4-6-15(11-14)24-12-18(21)22/h2-8,11,13H,9-10,12H2,1H3,(H,21,22). The number of carboxylic acid groups (broad SMARTS) is 1. The van der Waals surface area contributed by atoms with Crippen molar-refractivity contribution in [3.63, 3.8) is 0 Å². The number of amides is 1. The minimum absolute atomic E-state index is 0.102. The van der Waals surface area contributed by atoms with Gasteiger partial charge in [-0.2, -0.15) is 0 Å². The van der Waals surface area contributed by atoms with Gasteiger partial charge < -0.3 is 14.7 Å². The van der Waals surface area contributed by atoms with Crippen LogP contribution in [0.5, 0.6) is 5.75 Å². The molecule has 124 valence electrons. The SMILES string of the molecule is CC1CCN(C(=O)c2cccc(OCC(=O)O)c2)c2ccccc21. The van der Waals surface area contributed by atoms with Crippen LogP contribution in [0.2, 0.25) is 0 Å². The van der Waals surface area contributed by atoms with Crippen LogP contribution in [0.4, 0.5) is 5.69 Å². The Bertz CT molecular complexity index is 771. The number of ether oxygens (including phenoxy) is 1. The molecule has 0 saturated heterocycles. The van der Waals surface area contributed by atoms with Gasteiger partial charge in [-0.25, -0.2) is 4.79 Å². The van der Waals surface area contributed by atoms with Gasteiger partial charge in [0.05, 0.1) is 0 Å². The molecular weight excluding hydrogens is 306 g/mol. The van der Waals surface area contributed by atoms with E-state index in [-0.39, 0.29) is 5.91 Å². The van der Waals surface area contributed by atoms with Gasteiger partial charge in [-0.3, -0.25) is 4.79 Å². The van der Waals surface area contributed by atoms with Crippen LogP contribution in [-0.4, -0.2) is 30.1 Å². The molecule has 0 aromatic heterocycles. The lowest BCUT2D eigenvalue weighted by atomic mass is 9.91. The average Bonchev–Trinajstić information content (AvgIpc) is 2.60. The minimum atomic E-state index is -1.05. The number of rotatable bonds is 4. The van der Waals surface area contributed by atoms with Crippen LogP contribution in [0.25, 0.3) is 0 Å². The van der Waals surface area contributed by atoms with Crippen LogP contribution in [0.15, 0.2) is 48.5 Å². The summed E-state index contributed by atoms with van der Waals surface area (Å²) in [6.45, 7) is 2.40. The van der Waals surface area contributed by atoms with Gasteiger partial charge in [-0.15, -0.1) is 0 Å². The first-order chi connectivity index (χ1) is 11.6. The van der Waals surface area contributed by atoms with E-state index in [0.29, 0.717) is 23.8 Å². The number of carboxylic acids is 1. The Kier molecular flexibility index (Phi) is 4.51. The molecule has 1 atom stereocenters. The first-order valence-electron chi connectivity index (χ1n) is 7.91. The van der Waals surface area contributed by atoms with Crippen LogP contribution in [0, 0.1) is 0 Å². The predicted molar refractivity (Wildman–Crippen MR) is 90.7 cm³/mol. The maximum atomic E-state index is 12.9. The van der Waals surface area contributed by atoms with Gasteiger partial charge in [0, 0.05) is 17.8 Å². The summed E-state index contributed by atoms with van der Waals surface area (Å²) in [5.41, 5.74) is 2.61. The van der Waals surface area contributed by atoms with Crippen LogP contribution in [0.3, 0.4) is 0 Å². The maximum Gasteiger partial charge on any atom is 0.341 e. The number of benzene rings is 2. The predicted octanol–water partition coefficient (Wildman–Crippen LogP) is 3.30. The topological polar surface area (TPSA) is 66.8 Å². The summed E-state index contributed by atoms with van der Waals surface area (Å²) in [6, 6.07) is 14.6. The number of aliphatic carboxylic acids is 1. The molecule has 1 N–H and O–H groups in total. The third-order valence-electron chi connectivity index (χ3n) is 4.23. The second-order valence-corrected chi connectivity index (χ2v) is 5.92. The van der Waals surface area contributed by atoms with Gasteiger partial charge in [0.25, 0.3) is 5.91 Å². The van der Waals surface area contributed by atoms with E-state index in [1.54, 1.807) is 29.2 Å². The van der Waals surface area contributed by atoms with Crippen LogP contribution in [-0.2, 0) is 4.79 Å². The second-order valence-electron chi connectivity index (χ2n) is 5.92. The van der Waals surface area contributed by atoms with Crippen molar-refractivity contribution < 1.29 is 19.4 Å². The number of anilines is 1. The summed E-state index contributed by atoms with van der Waals surface area (Å²) < 4.78 is 5.16. The second kappa shape index (κ2) is 6.74. The van der Waals surface area contributed by atoms with Crippen molar-refractivity contribution in [2.24, 2.45) is 0 Å². The van der Waals surface area contributed by atoms with Crippen LogP contribution >= 0.6 is 0 Å². The summed E-state index contributed by atoms with van der Waals surface area (Å²) in [4.78, 5) is 25.3. The van der Waals surface area contributed by atoms with E-state index in [4.69, 9.17) is 9.84 Å². The van der Waals surface area contributed by atoms with E-state index < -0.39 is 12.6 Å². The molecule has 2 aromatic carbocycles. The Balaban J connectivity index is 1.86. The van der Waals surface area contributed by atoms with Gasteiger partial charge >= 0.3 is 5.97 Å². The van der Waals surface area contributed by atoms with Crippen molar-refractivity contribution in [1.29, 1.82) is 0 Å². The van der Waals surface area contributed by atoms with Gasteiger partial charge in [0.15, 0.2) is 6.61 Å². The van der Waals surface area contributed by atoms with Gasteiger partial charge in [0.2, 0.25) is 0 Å². The Morgan fingerprint density at radius 3 is 2.79 bits per heavy atom. The van der Waals surface area contributed by atoms with Crippen molar-refractivity contribution >= 4 is 17.6 Å². The highest BCUT2D eigenvalue weighted by Gasteiger charge is 2.26. The molecule has 3 rings (SSSR count). The lowest BCUT2D eigenvalue weighted by Crippen LogP contribution is -2.36. The molecule has 1 aliphatic heterocycles. The Morgan fingerprint density at radius 1 is 1.21 bits per heavy atom. The summed E-state index contributed by atoms with van der Waals surface area (Å²) in [5.74, 6) is -0.349. The summed E-state index contributed by atoms with van der Waals surface area (Å²) in [7, 11) is 0. The van der Waals surface area contributed by atoms with Crippen molar-refractivity contribution in [3.05, 3.63) is 59.7 Å². The fourth-order valence-corrected chi connectivity index (χ4v) is 2.98. The lowest BCUT2D eigenvalue weighted by Gasteiger charge is -2.33. The average molecular weight is 325 g/mol. The molecule has 5 heteroatoms. The van der Waals surface area contributed by atoms with Gasteiger partial charge in [0.1, 0.15) is 5.75 Å². The van der Waals surface area contributed by atoms with E-state index in [2.05, 4.69) is 13.0 Å². The highest BCUT2D eigenvalue weighted by molar-refractivity contribution is 6.07. The Morgan fingerprint density at radius 2 is 2.00 bits per heavy atom. The lowest BCUT2D eigenvalue weighted by molar-refractivity contribution is -0.139. The molecule has 0 spiro atoms. The smallest absolute Gasteiger partial charge is 0.341 e. The maximum absolute atomic E-state index is 12.9. The molecule has 1 unspecified atom stereocenters. The Hall–Kier alpha value is -2.82. The number of carbonyl (C=O) groups excluding carboxylic acids is 1. The highest BCUT2D eigenvalue weighted by Crippen LogP contribution is 2.35. The first-order valence-corrected chi connectivity index (χ1v) is 7.91. The normalized spacial score (nSPS) is 16.4. The van der Waals surface area contributed by atoms with Crippen molar-refractivity contribution in [3.8, 4) is 5.75 Å². The first kappa shape index (κ1) is 16.1. The van der Waals surface area contributed by atoms with E-state index >= 15 is 0 Å². The number of carbonyl (C=O) groups is 2. The third-order valence-corrected chi connectivity index (χ3v) is 4.23. The van der Waals surface area contributed by atoms with Gasteiger partial charge in [-0.1, -0.05) is 31.2 Å². The summed E-state index contributed by atoms with van der Waals surface area (Å²) in [5, 5.41) is 8.69. The van der Waals surface area contributed by atoms with Crippen LogP contribution in [0.1, 0.15) is 35.2 Å². The van der Waals surface area contributed by atoms with Gasteiger partial charge in [-0.05, 0) is 42.2 Å². The molecule has 0 fully saturated rings. The number of fused-ring (bicyclic) bond motifs is 1. The van der Waals surface area contributed by atoms with Crippen molar-refractivity contribution in [1.82, 2.24) is 0 Å². The fraction of sp³-hybridized carbons (Fsp3) is 0.263. The van der Waals surface area contributed by atoms with E-state index in [1.807, 2.05) is 18.2 Å². The molecule has 0 aliphatic carbocycles. The molecule has 0 bridgehead atoms. The Labute approximate surface area is 140 Å². The highest BCUT2D eigenvalue weighted by atomic mass is 16.5. The number of hydrogen-bond donors (Lipinski definition) is 1. The zero-order valence-electron chi connectivity index (χ0n) is 13.4. The van der Waals surface area contributed by atoms with E-state index in [1.165, 1.54) is 5.56 Å².